The van der Waals surface area contributed by atoms with Crippen LogP contribution < -0.4 is 22.5 Å². The Bertz CT molecular complexity index is 426. The predicted molar refractivity (Wildman–Crippen MR) is 86.6 cm³/mol. The summed E-state index contributed by atoms with van der Waals surface area (Å²) in [6, 6.07) is -1.46. The molecule has 7 N–H and O–H groups in total. The highest BCUT2D eigenvalue weighted by Crippen LogP contribution is 2.19. The Kier molecular flexibility index (Phi) is 9.10. The van der Waals surface area contributed by atoms with Crippen molar-refractivity contribution in [2.75, 3.05) is 19.8 Å². The van der Waals surface area contributed by atoms with Crippen LogP contribution in [0.15, 0.2) is 0 Å². The summed E-state index contributed by atoms with van der Waals surface area (Å²) in [6.07, 6.45) is 2.93. The van der Waals surface area contributed by atoms with Gasteiger partial charge in [-0.25, -0.2) is 4.79 Å². The summed E-state index contributed by atoms with van der Waals surface area (Å²) >= 11 is 0. The summed E-state index contributed by atoms with van der Waals surface area (Å²) in [5.74, 6) is -0.631. The van der Waals surface area contributed by atoms with Crippen LogP contribution in [0.2, 0.25) is 0 Å². The maximum Gasteiger partial charge on any atom is 0.404 e. The molecular formula is C15H28N4O5. The van der Waals surface area contributed by atoms with Crippen LogP contribution in [0.4, 0.5) is 4.79 Å². The third-order valence-electron chi connectivity index (χ3n) is 4.06. The van der Waals surface area contributed by atoms with Crippen LogP contribution in [-0.2, 0) is 19.1 Å². The van der Waals surface area contributed by atoms with Crippen LogP contribution in [0.5, 0.6) is 0 Å². The molecule has 0 aliphatic carbocycles. The molecule has 1 heterocycles. The average Bonchev–Trinajstić information content (AvgIpc) is 2.53. The molecule has 0 aromatic rings. The molecule has 2 unspecified atom stereocenters. The second kappa shape index (κ2) is 10.8. The number of amides is 3. The van der Waals surface area contributed by atoms with Gasteiger partial charge in [-0.05, 0) is 44.4 Å². The number of rotatable bonds is 10. The molecule has 2 atom stereocenters. The maximum atomic E-state index is 12.1. The summed E-state index contributed by atoms with van der Waals surface area (Å²) in [5, 5.41) is 2.60. The van der Waals surface area contributed by atoms with Gasteiger partial charge in [0.25, 0.3) is 0 Å². The zero-order valence-corrected chi connectivity index (χ0v) is 13.9. The quantitative estimate of drug-likeness (QED) is 0.386. The van der Waals surface area contributed by atoms with Gasteiger partial charge in [0.2, 0.25) is 11.8 Å². The standard InChI is InChI=1S/C15H28N4O5/c16-11(9-10-4-7-23-8-5-10)14(21)19-12(13(17)20)3-1-2-6-24-15(18)22/h10-12H,1-9,16H2,(H2,17,20)(H2,18,22)(H,19,21). The number of ether oxygens (including phenoxy) is 2. The van der Waals surface area contributed by atoms with Crippen molar-refractivity contribution in [3.63, 3.8) is 0 Å². The lowest BCUT2D eigenvalue weighted by atomic mass is 9.92. The molecule has 0 radical (unpaired) electrons. The lowest BCUT2D eigenvalue weighted by Gasteiger charge is -2.25. The van der Waals surface area contributed by atoms with Gasteiger partial charge in [0.15, 0.2) is 0 Å². The van der Waals surface area contributed by atoms with Gasteiger partial charge in [-0.15, -0.1) is 0 Å². The Morgan fingerprint density at radius 1 is 1.17 bits per heavy atom. The minimum absolute atomic E-state index is 0.165. The van der Waals surface area contributed by atoms with E-state index in [9.17, 15) is 14.4 Å². The Labute approximate surface area is 141 Å². The van der Waals surface area contributed by atoms with Gasteiger partial charge in [-0.1, -0.05) is 0 Å². The highest BCUT2D eigenvalue weighted by Gasteiger charge is 2.25. The molecule has 0 spiro atoms. The van der Waals surface area contributed by atoms with Crippen molar-refractivity contribution in [1.29, 1.82) is 0 Å². The zero-order chi connectivity index (χ0) is 17.9. The van der Waals surface area contributed by atoms with Crippen molar-refractivity contribution in [1.82, 2.24) is 5.32 Å². The van der Waals surface area contributed by atoms with Crippen molar-refractivity contribution < 1.29 is 23.9 Å². The molecule has 9 nitrogen and oxygen atoms in total. The van der Waals surface area contributed by atoms with Crippen LogP contribution in [0.1, 0.15) is 38.5 Å². The van der Waals surface area contributed by atoms with Crippen molar-refractivity contribution >= 4 is 17.9 Å². The van der Waals surface area contributed by atoms with E-state index in [0.717, 1.165) is 12.8 Å². The lowest BCUT2D eigenvalue weighted by molar-refractivity contribution is -0.128. The van der Waals surface area contributed by atoms with E-state index < -0.39 is 24.1 Å². The molecule has 0 aromatic carbocycles. The Morgan fingerprint density at radius 3 is 2.42 bits per heavy atom. The van der Waals surface area contributed by atoms with Gasteiger partial charge in [0.05, 0.1) is 12.6 Å². The van der Waals surface area contributed by atoms with E-state index in [1.807, 2.05) is 0 Å². The number of carbonyl (C=O) groups is 3. The smallest absolute Gasteiger partial charge is 0.404 e. The van der Waals surface area contributed by atoms with Crippen LogP contribution in [0.25, 0.3) is 0 Å². The Hall–Kier alpha value is -1.87. The first-order valence-corrected chi connectivity index (χ1v) is 8.25. The second-order valence-electron chi connectivity index (χ2n) is 6.02. The van der Waals surface area contributed by atoms with E-state index in [4.69, 9.17) is 21.9 Å². The Balaban J connectivity index is 2.32. The lowest BCUT2D eigenvalue weighted by Crippen LogP contribution is -2.51. The van der Waals surface area contributed by atoms with E-state index in [1.165, 1.54) is 0 Å². The molecule has 1 aliphatic rings. The summed E-state index contributed by atoms with van der Waals surface area (Å²) in [5.41, 5.74) is 16.1. The van der Waals surface area contributed by atoms with Gasteiger partial charge < -0.3 is 32.0 Å². The Morgan fingerprint density at radius 2 is 1.83 bits per heavy atom. The molecule has 0 saturated carbocycles. The van der Waals surface area contributed by atoms with E-state index in [2.05, 4.69) is 10.1 Å². The third kappa shape index (κ3) is 8.11. The van der Waals surface area contributed by atoms with Gasteiger partial charge in [0.1, 0.15) is 6.04 Å². The fourth-order valence-electron chi connectivity index (χ4n) is 2.64. The van der Waals surface area contributed by atoms with Gasteiger partial charge in [0, 0.05) is 13.2 Å². The molecule has 1 rings (SSSR count). The van der Waals surface area contributed by atoms with Gasteiger partial charge in [-0.2, -0.15) is 0 Å². The molecule has 3 amide bonds. The van der Waals surface area contributed by atoms with E-state index in [-0.39, 0.29) is 12.5 Å². The average molecular weight is 344 g/mol. The van der Waals surface area contributed by atoms with Crippen LogP contribution in [0.3, 0.4) is 0 Å². The first kappa shape index (κ1) is 20.2. The van der Waals surface area contributed by atoms with E-state index in [1.54, 1.807) is 0 Å². The minimum atomic E-state index is -0.839. The predicted octanol–water partition coefficient (Wildman–Crippen LogP) is -0.634. The first-order chi connectivity index (χ1) is 11.4. The van der Waals surface area contributed by atoms with Crippen molar-refractivity contribution in [2.45, 2.75) is 50.6 Å². The first-order valence-electron chi connectivity index (χ1n) is 8.25. The van der Waals surface area contributed by atoms with E-state index >= 15 is 0 Å². The minimum Gasteiger partial charge on any atom is -0.450 e. The summed E-state index contributed by atoms with van der Waals surface area (Å²) in [6.45, 7) is 1.55. The van der Waals surface area contributed by atoms with Crippen molar-refractivity contribution in [3.8, 4) is 0 Å². The largest absolute Gasteiger partial charge is 0.450 e. The molecular weight excluding hydrogens is 316 g/mol. The van der Waals surface area contributed by atoms with E-state index in [0.29, 0.717) is 44.8 Å². The molecule has 9 heteroatoms. The molecule has 138 valence electrons. The summed E-state index contributed by atoms with van der Waals surface area (Å²) in [7, 11) is 0. The molecule has 1 aliphatic heterocycles. The van der Waals surface area contributed by atoms with Crippen molar-refractivity contribution in [3.05, 3.63) is 0 Å². The van der Waals surface area contributed by atoms with Gasteiger partial charge >= 0.3 is 6.09 Å². The zero-order valence-electron chi connectivity index (χ0n) is 13.9. The fourth-order valence-corrected chi connectivity index (χ4v) is 2.64. The highest BCUT2D eigenvalue weighted by molar-refractivity contribution is 5.88. The number of nitrogens with one attached hydrogen (secondary N) is 1. The van der Waals surface area contributed by atoms with Crippen LogP contribution in [0, 0.1) is 5.92 Å². The van der Waals surface area contributed by atoms with Gasteiger partial charge in [-0.3, -0.25) is 9.59 Å². The number of hydrogen-bond donors (Lipinski definition) is 4. The number of primary amides is 2. The number of hydrogen-bond acceptors (Lipinski definition) is 6. The van der Waals surface area contributed by atoms with Crippen LogP contribution in [-0.4, -0.2) is 49.8 Å². The monoisotopic (exact) mass is 344 g/mol. The third-order valence-corrected chi connectivity index (χ3v) is 4.06. The maximum absolute atomic E-state index is 12.1. The summed E-state index contributed by atoms with van der Waals surface area (Å²) < 4.78 is 9.87. The molecule has 1 fully saturated rings. The van der Waals surface area contributed by atoms with Crippen LogP contribution >= 0.6 is 0 Å². The van der Waals surface area contributed by atoms with Crippen molar-refractivity contribution in [2.24, 2.45) is 23.1 Å². The number of carbonyl (C=O) groups excluding carboxylic acids is 3. The molecule has 0 bridgehead atoms. The second-order valence-corrected chi connectivity index (χ2v) is 6.02. The topological polar surface area (TPSA) is 160 Å². The highest BCUT2D eigenvalue weighted by atomic mass is 16.5. The SMILES string of the molecule is NC(=O)OCCCCC(NC(=O)C(N)CC1CCOCC1)C(N)=O. The number of unbranched alkanes of at least 4 members (excludes halogenated alkanes) is 1. The molecule has 1 saturated heterocycles. The molecule has 24 heavy (non-hydrogen) atoms. The normalized spacial score (nSPS) is 17.7. The fraction of sp³-hybridized carbons (Fsp3) is 0.800. The molecule has 0 aromatic heterocycles. The number of nitrogens with two attached hydrogens (primary N) is 3. The summed E-state index contributed by atoms with van der Waals surface area (Å²) in [4.78, 5) is 34.0.